The number of imidazole rings is 1. The maximum Gasteiger partial charge on any atom is 0.416 e. The minimum atomic E-state index is -4.37. The predicted molar refractivity (Wildman–Crippen MR) is 97.4 cm³/mol. The van der Waals surface area contributed by atoms with Crippen LogP contribution in [0.25, 0.3) is 0 Å². The molecule has 0 radical (unpaired) electrons. The second kappa shape index (κ2) is 6.97. The summed E-state index contributed by atoms with van der Waals surface area (Å²) in [6.45, 7) is 1.33. The van der Waals surface area contributed by atoms with Gasteiger partial charge in [0.1, 0.15) is 5.02 Å². The number of anilines is 1. The second-order valence-electron chi connectivity index (χ2n) is 6.53. The molecule has 146 valence electrons. The van der Waals surface area contributed by atoms with Gasteiger partial charge in [0, 0.05) is 25.2 Å². The number of fused-ring (bicyclic) bond motifs is 1. The van der Waals surface area contributed by atoms with Crippen molar-refractivity contribution in [3.63, 3.8) is 0 Å². The number of benzene rings is 1. The minimum absolute atomic E-state index is 0.0712. The molecule has 0 amide bonds. The van der Waals surface area contributed by atoms with Gasteiger partial charge in [-0.3, -0.25) is 4.79 Å². The number of hydrogen-bond acceptors (Lipinski definition) is 4. The summed E-state index contributed by atoms with van der Waals surface area (Å²) in [6.07, 6.45) is -0.621. The highest BCUT2D eigenvalue weighted by atomic mass is 35.5. The van der Waals surface area contributed by atoms with Crippen LogP contribution in [0.3, 0.4) is 0 Å². The molecular formula is C18H15ClF3N5O. The van der Waals surface area contributed by atoms with E-state index >= 15 is 0 Å². The van der Waals surface area contributed by atoms with Gasteiger partial charge in [-0.05, 0) is 17.7 Å². The van der Waals surface area contributed by atoms with Crippen molar-refractivity contribution in [1.82, 2.24) is 19.7 Å². The summed E-state index contributed by atoms with van der Waals surface area (Å²) in [4.78, 5) is 18.0. The zero-order chi connectivity index (χ0) is 19.9. The average molecular weight is 410 g/mol. The highest BCUT2D eigenvalue weighted by Gasteiger charge is 2.30. The average Bonchev–Trinajstić information content (AvgIpc) is 3.05. The molecule has 0 atom stereocenters. The van der Waals surface area contributed by atoms with Gasteiger partial charge in [0.25, 0.3) is 5.56 Å². The smallest absolute Gasteiger partial charge is 0.362 e. The summed E-state index contributed by atoms with van der Waals surface area (Å²) < 4.78 is 40.6. The fourth-order valence-electron chi connectivity index (χ4n) is 3.35. The Morgan fingerprint density at radius 1 is 1.29 bits per heavy atom. The van der Waals surface area contributed by atoms with Crippen molar-refractivity contribution in [3.8, 4) is 0 Å². The number of halogens is 4. The molecule has 6 nitrogen and oxygen atoms in total. The van der Waals surface area contributed by atoms with Crippen LogP contribution in [0, 0.1) is 0 Å². The fourth-order valence-corrected chi connectivity index (χ4v) is 3.56. The van der Waals surface area contributed by atoms with E-state index in [9.17, 15) is 18.0 Å². The van der Waals surface area contributed by atoms with Gasteiger partial charge in [-0.15, -0.1) is 0 Å². The molecular weight excluding hydrogens is 395 g/mol. The van der Waals surface area contributed by atoms with E-state index in [1.165, 1.54) is 12.3 Å². The molecule has 0 spiro atoms. The Hall–Kier alpha value is -2.81. The topological polar surface area (TPSA) is 66.8 Å². The van der Waals surface area contributed by atoms with Crippen molar-refractivity contribution < 1.29 is 13.2 Å². The van der Waals surface area contributed by atoms with Gasteiger partial charge in [-0.1, -0.05) is 23.7 Å². The summed E-state index contributed by atoms with van der Waals surface area (Å²) in [7, 11) is 0. The van der Waals surface area contributed by atoms with E-state index in [2.05, 4.69) is 15.2 Å². The van der Waals surface area contributed by atoms with E-state index in [0.29, 0.717) is 37.3 Å². The Bertz CT molecular complexity index is 1080. The third-order valence-electron chi connectivity index (χ3n) is 4.72. The number of alkyl halides is 3. The van der Waals surface area contributed by atoms with Crippen LogP contribution in [0.15, 0.2) is 41.6 Å². The molecule has 0 saturated carbocycles. The largest absolute Gasteiger partial charge is 0.416 e. The summed E-state index contributed by atoms with van der Waals surface area (Å²) in [6, 6.07) is 5.29. The van der Waals surface area contributed by atoms with Crippen molar-refractivity contribution in [2.45, 2.75) is 25.7 Å². The van der Waals surface area contributed by atoms with Gasteiger partial charge < -0.3 is 9.47 Å². The lowest BCUT2D eigenvalue weighted by Crippen LogP contribution is -2.32. The van der Waals surface area contributed by atoms with Gasteiger partial charge in [0.2, 0.25) is 0 Å². The first-order valence-corrected chi connectivity index (χ1v) is 8.88. The summed E-state index contributed by atoms with van der Waals surface area (Å²) in [5.74, 6) is 0. The molecule has 0 aliphatic carbocycles. The van der Waals surface area contributed by atoms with Gasteiger partial charge in [-0.25, -0.2) is 10.1 Å². The van der Waals surface area contributed by atoms with E-state index in [1.807, 2.05) is 9.47 Å². The van der Waals surface area contributed by atoms with Crippen molar-refractivity contribution in [3.05, 3.63) is 74.7 Å². The van der Waals surface area contributed by atoms with Crippen molar-refractivity contribution in [2.75, 3.05) is 11.4 Å². The van der Waals surface area contributed by atoms with Gasteiger partial charge in [0.15, 0.2) is 0 Å². The Labute approximate surface area is 162 Å². The Morgan fingerprint density at radius 3 is 2.89 bits per heavy atom. The highest BCUT2D eigenvalue weighted by molar-refractivity contribution is 6.32. The summed E-state index contributed by atoms with van der Waals surface area (Å²) in [5, 5.41) is 6.14. The molecule has 1 N–H and O–H groups in total. The Balaban J connectivity index is 1.56. The van der Waals surface area contributed by atoms with Crippen LogP contribution in [-0.4, -0.2) is 26.3 Å². The van der Waals surface area contributed by atoms with Crippen molar-refractivity contribution >= 4 is 17.3 Å². The first-order valence-electron chi connectivity index (χ1n) is 8.50. The lowest BCUT2D eigenvalue weighted by molar-refractivity contribution is -0.137. The van der Waals surface area contributed by atoms with Crippen LogP contribution in [0.5, 0.6) is 0 Å². The van der Waals surface area contributed by atoms with Crippen LogP contribution < -0.4 is 10.5 Å². The Morgan fingerprint density at radius 2 is 2.11 bits per heavy atom. The van der Waals surface area contributed by atoms with Crippen molar-refractivity contribution in [1.29, 1.82) is 0 Å². The van der Waals surface area contributed by atoms with Gasteiger partial charge in [0.05, 0.1) is 36.0 Å². The minimum Gasteiger partial charge on any atom is -0.362 e. The number of H-pyrrole nitrogens is 1. The second-order valence-corrected chi connectivity index (χ2v) is 6.91. The summed E-state index contributed by atoms with van der Waals surface area (Å²) in [5.41, 5.74) is 1.72. The molecule has 1 aliphatic heterocycles. The number of rotatable bonds is 3. The zero-order valence-electron chi connectivity index (χ0n) is 14.5. The quantitative estimate of drug-likeness (QED) is 0.721. The molecule has 1 aromatic carbocycles. The van der Waals surface area contributed by atoms with Gasteiger partial charge >= 0.3 is 6.18 Å². The normalized spacial score (nSPS) is 14.2. The number of nitrogens with one attached hydrogen (secondary N) is 1. The standard InChI is InChI=1S/C18H15ClF3N5O/c19-16-15(7-24-25-17(16)28)26-5-4-14-13(9-26)23-10-27(14)8-11-2-1-3-12(6-11)18(20,21)22/h1-3,6-7,10H,4-5,8-9H2,(H,25,28). The van der Waals surface area contributed by atoms with E-state index < -0.39 is 17.3 Å². The molecule has 10 heteroatoms. The molecule has 3 heterocycles. The Kier molecular flexibility index (Phi) is 4.62. The third kappa shape index (κ3) is 3.49. The van der Waals surface area contributed by atoms with Crippen LogP contribution in [0.4, 0.5) is 18.9 Å². The zero-order valence-corrected chi connectivity index (χ0v) is 15.3. The number of aromatic nitrogens is 4. The van der Waals surface area contributed by atoms with Crippen molar-refractivity contribution in [2.24, 2.45) is 0 Å². The molecule has 0 fully saturated rings. The highest BCUT2D eigenvalue weighted by Crippen LogP contribution is 2.30. The molecule has 28 heavy (non-hydrogen) atoms. The van der Waals surface area contributed by atoms with E-state index in [-0.39, 0.29) is 5.02 Å². The molecule has 4 rings (SSSR count). The number of hydrogen-bond donors (Lipinski definition) is 1. The van der Waals surface area contributed by atoms with Crippen LogP contribution in [0.1, 0.15) is 22.5 Å². The van der Waals surface area contributed by atoms with Crippen LogP contribution >= 0.6 is 11.6 Å². The molecule has 0 unspecified atom stereocenters. The van der Waals surface area contributed by atoms with Crippen LogP contribution in [0.2, 0.25) is 5.02 Å². The SMILES string of the molecule is O=c1[nH]ncc(N2CCc3c(ncn3Cc3cccc(C(F)(F)F)c3)C2)c1Cl. The number of aromatic amines is 1. The molecule has 0 saturated heterocycles. The summed E-state index contributed by atoms with van der Waals surface area (Å²) >= 11 is 6.07. The molecule has 0 bridgehead atoms. The van der Waals surface area contributed by atoms with E-state index in [1.54, 1.807) is 12.4 Å². The first-order chi connectivity index (χ1) is 13.3. The maximum absolute atomic E-state index is 12.9. The first kappa shape index (κ1) is 18.5. The fraction of sp³-hybridized carbons (Fsp3) is 0.278. The predicted octanol–water partition coefficient (Wildman–Crippen LogP) is 3.25. The number of nitrogens with zero attached hydrogens (tertiary/aromatic N) is 4. The third-order valence-corrected chi connectivity index (χ3v) is 5.08. The van der Waals surface area contributed by atoms with Crippen LogP contribution in [-0.2, 0) is 25.7 Å². The van der Waals surface area contributed by atoms with E-state index in [0.717, 1.165) is 23.5 Å². The lowest BCUT2D eigenvalue weighted by atomic mass is 10.1. The van der Waals surface area contributed by atoms with E-state index in [4.69, 9.17) is 11.6 Å². The maximum atomic E-state index is 12.9. The monoisotopic (exact) mass is 409 g/mol. The molecule has 1 aliphatic rings. The molecule has 2 aromatic heterocycles. The molecule has 3 aromatic rings. The lowest BCUT2D eigenvalue weighted by Gasteiger charge is -2.29. The van der Waals surface area contributed by atoms with Gasteiger partial charge in [-0.2, -0.15) is 18.3 Å².